The number of halogens is 1. The summed E-state index contributed by atoms with van der Waals surface area (Å²) in [5.74, 6) is -1.22. The van der Waals surface area contributed by atoms with Gasteiger partial charge in [0.1, 0.15) is 0 Å². The molecule has 1 aliphatic carbocycles. The predicted octanol–water partition coefficient (Wildman–Crippen LogP) is 0.927. The van der Waals surface area contributed by atoms with Gasteiger partial charge >= 0.3 is 5.69 Å². The van der Waals surface area contributed by atoms with E-state index in [-0.39, 0.29) is 0 Å². The van der Waals surface area contributed by atoms with Crippen LogP contribution in [0.2, 0.25) is 0 Å². The van der Waals surface area contributed by atoms with Crippen molar-refractivity contribution in [3.05, 3.63) is 34.1 Å². The highest BCUT2D eigenvalue weighted by Crippen LogP contribution is 2.34. The molecule has 0 amide bonds. The third kappa shape index (κ3) is 2.51. The molecule has 1 saturated carbocycles. The van der Waals surface area contributed by atoms with Gasteiger partial charge in [-0.1, -0.05) is 6.07 Å². The fourth-order valence-electron chi connectivity index (χ4n) is 2.13. The quantitative estimate of drug-likeness (QED) is 0.621. The molecule has 0 atom stereocenters. The number of aliphatic hydroxyl groups is 1. The van der Waals surface area contributed by atoms with Crippen LogP contribution in [0.15, 0.2) is 23.1 Å². The van der Waals surface area contributed by atoms with Gasteiger partial charge in [-0.3, -0.25) is 10.1 Å². The van der Waals surface area contributed by atoms with Crippen LogP contribution in [0.1, 0.15) is 19.3 Å². The Morgan fingerprint density at radius 2 is 2.10 bits per heavy atom. The van der Waals surface area contributed by atoms with Crippen LogP contribution < -0.4 is 4.72 Å². The van der Waals surface area contributed by atoms with E-state index in [9.17, 15) is 28.0 Å². The highest BCUT2D eigenvalue weighted by molar-refractivity contribution is 7.89. The van der Waals surface area contributed by atoms with Crippen molar-refractivity contribution < 1.29 is 22.8 Å². The molecule has 2 N–H and O–H groups in total. The molecule has 0 heterocycles. The molecule has 0 unspecified atom stereocenters. The first kappa shape index (κ1) is 14.8. The molecule has 1 aromatic carbocycles. The first-order valence-electron chi connectivity index (χ1n) is 5.89. The first-order chi connectivity index (χ1) is 9.31. The largest absolute Gasteiger partial charge is 0.394 e. The van der Waals surface area contributed by atoms with Gasteiger partial charge in [-0.15, -0.1) is 0 Å². The number of nitrogens with zero attached hydrogens (tertiary/aromatic N) is 1. The van der Waals surface area contributed by atoms with E-state index in [4.69, 9.17) is 0 Å². The van der Waals surface area contributed by atoms with E-state index in [1.165, 1.54) is 0 Å². The van der Waals surface area contributed by atoms with Crippen molar-refractivity contribution in [1.29, 1.82) is 0 Å². The molecule has 110 valence electrons. The zero-order valence-corrected chi connectivity index (χ0v) is 11.2. The van der Waals surface area contributed by atoms with Crippen molar-refractivity contribution in [2.45, 2.75) is 29.7 Å². The highest BCUT2D eigenvalue weighted by Gasteiger charge is 2.42. The molecule has 2 rings (SSSR count). The van der Waals surface area contributed by atoms with E-state index in [0.717, 1.165) is 24.6 Å². The lowest BCUT2D eigenvalue weighted by molar-refractivity contribution is -0.390. The Balaban J connectivity index is 2.45. The smallest absolute Gasteiger partial charge is 0.324 e. The van der Waals surface area contributed by atoms with Gasteiger partial charge in [-0.25, -0.2) is 13.1 Å². The van der Waals surface area contributed by atoms with Crippen LogP contribution in [0.4, 0.5) is 10.1 Å². The Morgan fingerprint density at radius 1 is 1.45 bits per heavy atom. The Bertz CT molecular complexity index is 637. The average Bonchev–Trinajstić information content (AvgIpc) is 2.33. The maximum absolute atomic E-state index is 13.5. The molecular formula is C11H13FN2O5S. The average molecular weight is 304 g/mol. The zero-order chi connectivity index (χ0) is 15.0. The maximum Gasteiger partial charge on any atom is 0.324 e. The summed E-state index contributed by atoms with van der Waals surface area (Å²) in [5.41, 5.74) is -2.09. The maximum atomic E-state index is 13.5. The second-order valence-electron chi connectivity index (χ2n) is 4.74. The number of rotatable bonds is 5. The lowest BCUT2D eigenvalue weighted by Crippen LogP contribution is -2.56. The minimum atomic E-state index is -4.28. The summed E-state index contributed by atoms with van der Waals surface area (Å²) < 4.78 is 40.1. The number of benzene rings is 1. The van der Waals surface area contributed by atoms with Crippen LogP contribution >= 0.6 is 0 Å². The summed E-state index contributed by atoms with van der Waals surface area (Å²) in [5, 5.41) is 20.1. The molecule has 1 fully saturated rings. The topological polar surface area (TPSA) is 110 Å². The van der Waals surface area contributed by atoms with Gasteiger partial charge < -0.3 is 5.11 Å². The van der Waals surface area contributed by atoms with E-state index >= 15 is 0 Å². The fraction of sp³-hybridized carbons (Fsp3) is 0.455. The SMILES string of the molecule is O=[N+]([O-])c1c(F)cccc1S(=O)(=O)NC1(CO)CCC1. The van der Waals surface area contributed by atoms with Crippen LogP contribution in [0, 0.1) is 15.9 Å². The Labute approximate surface area is 114 Å². The van der Waals surface area contributed by atoms with Crippen LogP contribution in [-0.4, -0.2) is 30.6 Å². The predicted molar refractivity (Wildman–Crippen MR) is 67.0 cm³/mol. The van der Waals surface area contributed by atoms with Crippen molar-refractivity contribution in [2.24, 2.45) is 0 Å². The number of nitrogens with one attached hydrogen (secondary N) is 1. The third-order valence-electron chi connectivity index (χ3n) is 3.39. The van der Waals surface area contributed by atoms with Crippen LogP contribution in [-0.2, 0) is 10.0 Å². The number of para-hydroxylation sites is 1. The standard InChI is InChI=1S/C11H13FN2O5S/c12-8-3-1-4-9(10(8)14(16)17)20(18,19)13-11(7-15)5-2-6-11/h1,3-4,13,15H,2,5-7H2. The van der Waals surface area contributed by atoms with E-state index in [2.05, 4.69) is 4.72 Å². The molecule has 0 bridgehead atoms. The number of nitro benzene ring substituents is 1. The Hall–Kier alpha value is -1.58. The van der Waals surface area contributed by atoms with Gasteiger partial charge in [-0.05, 0) is 31.4 Å². The van der Waals surface area contributed by atoms with E-state index < -0.39 is 43.5 Å². The molecule has 1 aromatic rings. The molecule has 0 radical (unpaired) electrons. The lowest BCUT2D eigenvalue weighted by Gasteiger charge is -2.40. The Morgan fingerprint density at radius 3 is 2.55 bits per heavy atom. The number of nitro groups is 1. The van der Waals surface area contributed by atoms with Crippen molar-refractivity contribution in [2.75, 3.05) is 6.61 Å². The fourth-order valence-corrected chi connectivity index (χ4v) is 3.76. The lowest BCUT2D eigenvalue weighted by atomic mass is 9.78. The van der Waals surface area contributed by atoms with E-state index in [1.54, 1.807) is 0 Å². The van der Waals surface area contributed by atoms with Gasteiger partial charge in [0.25, 0.3) is 0 Å². The number of aliphatic hydroxyl groups excluding tert-OH is 1. The van der Waals surface area contributed by atoms with Crippen molar-refractivity contribution in [3.8, 4) is 0 Å². The normalized spacial score (nSPS) is 17.5. The van der Waals surface area contributed by atoms with E-state index in [1.807, 2.05) is 0 Å². The summed E-state index contributed by atoms with van der Waals surface area (Å²) in [6.07, 6.45) is 1.62. The molecule has 7 nitrogen and oxygen atoms in total. The summed E-state index contributed by atoms with van der Waals surface area (Å²) in [4.78, 5) is 9.02. The Kier molecular flexibility index (Phi) is 3.76. The van der Waals surface area contributed by atoms with Crippen LogP contribution in [0.5, 0.6) is 0 Å². The second-order valence-corrected chi connectivity index (χ2v) is 6.39. The van der Waals surface area contributed by atoms with Gasteiger partial charge in [0.15, 0.2) is 4.90 Å². The highest BCUT2D eigenvalue weighted by atomic mass is 32.2. The number of sulfonamides is 1. The monoisotopic (exact) mass is 304 g/mol. The third-order valence-corrected chi connectivity index (χ3v) is 5.00. The second kappa shape index (κ2) is 5.08. The van der Waals surface area contributed by atoms with Gasteiger partial charge in [0.05, 0.1) is 17.1 Å². The van der Waals surface area contributed by atoms with Gasteiger partial charge in [-0.2, -0.15) is 4.39 Å². The number of hydrogen-bond donors (Lipinski definition) is 2. The molecule has 20 heavy (non-hydrogen) atoms. The summed E-state index contributed by atoms with van der Waals surface area (Å²) in [6.45, 7) is -0.407. The number of hydrogen-bond acceptors (Lipinski definition) is 5. The molecule has 0 aromatic heterocycles. The molecule has 9 heteroatoms. The molecule has 0 aliphatic heterocycles. The van der Waals surface area contributed by atoms with Crippen molar-refractivity contribution in [3.63, 3.8) is 0 Å². The van der Waals surface area contributed by atoms with Crippen LogP contribution in [0.25, 0.3) is 0 Å². The first-order valence-corrected chi connectivity index (χ1v) is 7.37. The zero-order valence-electron chi connectivity index (χ0n) is 10.4. The molecule has 1 aliphatic rings. The van der Waals surface area contributed by atoms with E-state index in [0.29, 0.717) is 12.8 Å². The van der Waals surface area contributed by atoms with Crippen LogP contribution in [0.3, 0.4) is 0 Å². The molecule has 0 spiro atoms. The van der Waals surface area contributed by atoms with Gasteiger partial charge in [0, 0.05) is 0 Å². The molecular weight excluding hydrogens is 291 g/mol. The van der Waals surface area contributed by atoms with Gasteiger partial charge in [0.2, 0.25) is 15.8 Å². The summed E-state index contributed by atoms with van der Waals surface area (Å²) in [7, 11) is -4.28. The minimum absolute atomic E-state index is 0.407. The van der Waals surface area contributed by atoms with Crippen molar-refractivity contribution >= 4 is 15.7 Å². The summed E-state index contributed by atoms with van der Waals surface area (Å²) >= 11 is 0. The van der Waals surface area contributed by atoms with Crippen molar-refractivity contribution in [1.82, 2.24) is 4.72 Å². The minimum Gasteiger partial charge on any atom is -0.394 e. The summed E-state index contributed by atoms with van der Waals surface area (Å²) in [6, 6.07) is 2.87. The molecule has 0 saturated heterocycles.